The predicted octanol–water partition coefficient (Wildman–Crippen LogP) is 2.67. The van der Waals surface area contributed by atoms with Crippen molar-refractivity contribution >= 4 is 22.4 Å². The molecule has 1 aliphatic heterocycles. The summed E-state index contributed by atoms with van der Waals surface area (Å²) >= 11 is 1.64. The molecule has 0 aliphatic carbocycles. The van der Waals surface area contributed by atoms with Crippen molar-refractivity contribution in [3.63, 3.8) is 0 Å². The van der Waals surface area contributed by atoms with Gasteiger partial charge in [-0.15, -0.1) is 11.3 Å². The number of benzene rings is 1. The molecule has 2 atom stereocenters. The molecule has 1 saturated heterocycles. The van der Waals surface area contributed by atoms with E-state index in [1.807, 2.05) is 25.4 Å². The summed E-state index contributed by atoms with van der Waals surface area (Å²) in [7, 11) is 0. The molecule has 2 aromatic rings. The topological polar surface area (TPSA) is 48.5 Å². The van der Waals surface area contributed by atoms with Gasteiger partial charge >= 0.3 is 0 Å². The Bertz CT molecular complexity index is 684. The van der Waals surface area contributed by atoms with Crippen LogP contribution in [-0.4, -0.2) is 48.0 Å². The van der Waals surface area contributed by atoms with E-state index in [2.05, 4.69) is 20.1 Å². The lowest BCUT2D eigenvalue weighted by Gasteiger charge is -2.37. The monoisotopic (exact) mass is 362 g/mol. The summed E-state index contributed by atoms with van der Waals surface area (Å²) in [6.07, 6.45) is 1.82. The first-order chi connectivity index (χ1) is 12.0. The molecule has 1 aromatic carbocycles. The summed E-state index contributed by atoms with van der Waals surface area (Å²) in [5.41, 5.74) is 0.899. The number of nitrogens with one attached hydrogen (secondary N) is 1. The van der Waals surface area contributed by atoms with E-state index in [0.717, 1.165) is 36.9 Å². The third-order valence-corrected chi connectivity index (χ3v) is 5.49. The fraction of sp³-hybridized carbons (Fsp3) is 0.444. The number of anilines is 1. The van der Waals surface area contributed by atoms with E-state index in [0.29, 0.717) is 0 Å². The molecule has 1 aliphatic rings. The summed E-state index contributed by atoms with van der Waals surface area (Å²) in [6, 6.07) is 5.90. The highest BCUT2D eigenvalue weighted by atomic mass is 32.1. The first kappa shape index (κ1) is 17.8. The quantitative estimate of drug-likeness (QED) is 0.888. The second-order valence-corrected chi connectivity index (χ2v) is 7.17. The second kappa shape index (κ2) is 7.93. The van der Waals surface area contributed by atoms with Gasteiger partial charge < -0.3 is 10.2 Å². The number of hydrogen-bond donors (Lipinski definition) is 1. The molecule has 0 spiro atoms. The van der Waals surface area contributed by atoms with Crippen LogP contribution in [0.2, 0.25) is 0 Å². The molecule has 2 unspecified atom stereocenters. The van der Waals surface area contributed by atoms with E-state index in [4.69, 9.17) is 0 Å². The Morgan fingerprint density at radius 1 is 1.20 bits per heavy atom. The van der Waals surface area contributed by atoms with E-state index in [-0.39, 0.29) is 23.8 Å². The molecule has 5 nitrogen and oxygen atoms in total. The fourth-order valence-electron chi connectivity index (χ4n) is 3.01. The van der Waals surface area contributed by atoms with Gasteiger partial charge in [0.25, 0.3) is 0 Å². The molecule has 134 valence electrons. The summed E-state index contributed by atoms with van der Waals surface area (Å²) in [5.74, 6) is -0.270. The molecule has 2 heterocycles. The summed E-state index contributed by atoms with van der Waals surface area (Å²) in [5, 5.41) is 6.05. The van der Waals surface area contributed by atoms with Crippen LogP contribution in [-0.2, 0) is 4.79 Å². The Labute approximate surface area is 151 Å². The molecular weight excluding hydrogens is 339 g/mol. The van der Waals surface area contributed by atoms with Gasteiger partial charge in [-0.3, -0.25) is 9.69 Å². The van der Waals surface area contributed by atoms with E-state index in [1.165, 1.54) is 12.1 Å². The number of nitrogens with zero attached hydrogens (tertiary/aromatic N) is 3. The third kappa shape index (κ3) is 4.35. The molecular formula is C18H23FN4OS. The molecule has 1 fully saturated rings. The second-order valence-electron chi connectivity index (χ2n) is 6.30. The van der Waals surface area contributed by atoms with Crippen LogP contribution in [0.25, 0.3) is 0 Å². The molecule has 3 rings (SSSR count). The maximum Gasteiger partial charge on any atom is 0.237 e. The van der Waals surface area contributed by atoms with Gasteiger partial charge in [0, 0.05) is 37.8 Å². The minimum Gasteiger partial charge on any atom is -0.348 e. The maximum atomic E-state index is 13.0. The standard InChI is InChI=1S/C18H23FN4OS/c1-13(15-3-5-16(19)6-4-15)21-17(24)14(2)22-8-10-23(11-9-22)18-20-7-12-25-18/h3-7,12-14H,8-11H2,1-2H3,(H,21,24). The van der Waals surface area contributed by atoms with Crippen LogP contribution < -0.4 is 10.2 Å². The number of thiazole rings is 1. The van der Waals surface area contributed by atoms with Crippen LogP contribution in [0.15, 0.2) is 35.8 Å². The molecule has 25 heavy (non-hydrogen) atoms. The zero-order valence-corrected chi connectivity index (χ0v) is 15.3. The SMILES string of the molecule is CC(NC(=O)C(C)N1CCN(c2nccs2)CC1)c1ccc(F)cc1. The molecule has 0 saturated carbocycles. The van der Waals surface area contributed by atoms with E-state index in [1.54, 1.807) is 23.5 Å². The first-order valence-corrected chi connectivity index (χ1v) is 9.37. The number of halogens is 1. The zero-order valence-electron chi connectivity index (χ0n) is 14.5. The van der Waals surface area contributed by atoms with Crippen molar-refractivity contribution in [2.45, 2.75) is 25.9 Å². The van der Waals surface area contributed by atoms with Gasteiger partial charge in [0.2, 0.25) is 5.91 Å². The van der Waals surface area contributed by atoms with Crippen LogP contribution in [0, 0.1) is 5.82 Å². The predicted molar refractivity (Wildman–Crippen MR) is 98.3 cm³/mol. The Hall–Kier alpha value is -1.99. The van der Waals surface area contributed by atoms with Crippen molar-refractivity contribution < 1.29 is 9.18 Å². The minimum atomic E-state index is -0.270. The van der Waals surface area contributed by atoms with Gasteiger partial charge in [-0.2, -0.15) is 0 Å². The highest BCUT2D eigenvalue weighted by molar-refractivity contribution is 7.13. The number of piperazine rings is 1. The van der Waals surface area contributed by atoms with Crippen LogP contribution >= 0.6 is 11.3 Å². The average Bonchev–Trinajstić information content (AvgIpc) is 3.16. The van der Waals surface area contributed by atoms with Crippen molar-refractivity contribution in [2.24, 2.45) is 0 Å². The van der Waals surface area contributed by atoms with Gasteiger partial charge in [-0.25, -0.2) is 9.37 Å². The fourth-order valence-corrected chi connectivity index (χ4v) is 3.70. The maximum absolute atomic E-state index is 13.0. The number of aromatic nitrogens is 1. The Morgan fingerprint density at radius 3 is 2.48 bits per heavy atom. The summed E-state index contributed by atoms with van der Waals surface area (Å²) < 4.78 is 13.0. The van der Waals surface area contributed by atoms with Gasteiger partial charge in [0.05, 0.1) is 12.1 Å². The van der Waals surface area contributed by atoms with Crippen molar-refractivity contribution in [3.8, 4) is 0 Å². The number of amides is 1. The van der Waals surface area contributed by atoms with Gasteiger partial charge in [0.1, 0.15) is 5.82 Å². The van der Waals surface area contributed by atoms with Crippen molar-refractivity contribution in [3.05, 3.63) is 47.2 Å². The summed E-state index contributed by atoms with van der Waals surface area (Å²) in [6.45, 7) is 7.26. The highest BCUT2D eigenvalue weighted by Crippen LogP contribution is 2.20. The summed E-state index contributed by atoms with van der Waals surface area (Å²) in [4.78, 5) is 21.3. The van der Waals surface area contributed by atoms with Gasteiger partial charge in [-0.05, 0) is 31.5 Å². The van der Waals surface area contributed by atoms with Gasteiger partial charge in [0.15, 0.2) is 5.13 Å². The normalized spacial score (nSPS) is 18.0. The van der Waals surface area contributed by atoms with Crippen LogP contribution in [0.5, 0.6) is 0 Å². The lowest BCUT2D eigenvalue weighted by atomic mass is 10.1. The average molecular weight is 362 g/mol. The molecule has 1 aromatic heterocycles. The van der Waals surface area contributed by atoms with E-state index in [9.17, 15) is 9.18 Å². The minimum absolute atomic E-state index is 0.000441. The number of hydrogen-bond acceptors (Lipinski definition) is 5. The van der Waals surface area contributed by atoms with Crippen molar-refractivity contribution in [2.75, 3.05) is 31.1 Å². The Morgan fingerprint density at radius 2 is 1.88 bits per heavy atom. The number of carbonyl (C=O) groups is 1. The number of rotatable bonds is 5. The first-order valence-electron chi connectivity index (χ1n) is 8.49. The molecule has 1 amide bonds. The Kier molecular flexibility index (Phi) is 5.65. The van der Waals surface area contributed by atoms with Gasteiger partial charge in [-0.1, -0.05) is 12.1 Å². The third-order valence-electron chi connectivity index (χ3n) is 4.66. The lowest BCUT2D eigenvalue weighted by Crippen LogP contribution is -2.54. The van der Waals surface area contributed by atoms with Crippen LogP contribution in [0.1, 0.15) is 25.5 Å². The van der Waals surface area contributed by atoms with Crippen LogP contribution in [0.4, 0.5) is 9.52 Å². The molecule has 0 radical (unpaired) electrons. The van der Waals surface area contributed by atoms with Crippen LogP contribution in [0.3, 0.4) is 0 Å². The van der Waals surface area contributed by atoms with E-state index >= 15 is 0 Å². The molecule has 1 N–H and O–H groups in total. The van der Waals surface area contributed by atoms with Crippen molar-refractivity contribution in [1.82, 2.24) is 15.2 Å². The highest BCUT2D eigenvalue weighted by Gasteiger charge is 2.27. The van der Waals surface area contributed by atoms with Crippen molar-refractivity contribution in [1.29, 1.82) is 0 Å². The van der Waals surface area contributed by atoms with E-state index < -0.39 is 0 Å². The smallest absolute Gasteiger partial charge is 0.237 e. The largest absolute Gasteiger partial charge is 0.348 e. The molecule has 0 bridgehead atoms. The number of carbonyl (C=O) groups excluding carboxylic acids is 1. The molecule has 7 heteroatoms. The zero-order chi connectivity index (χ0) is 17.8. The Balaban J connectivity index is 1.51. The lowest BCUT2D eigenvalue weighted by molar-refractivity contribution is -0.126.